The van der Waals surface area contributed by atoms with Gasteiger partial charge in [-0.1, -0.05) is 43.7 Å². The molecule has 2 aromatic rings. The fourth-order valence-electron chi connectivity index (χ4n) is 3.33. The van der Waals surface area contributed by atoms with E-state index in [-0.39, 0.29) is 11.3 Å². The zero-order valence-corrected chi connectivity index (χ0v) is 15.5. The number of hydrogen-bond acceptors (Lipinski definition) is 4. The van der Waals surface area contributed by atoms with Crippen LogP contribution in [0.5, 0.6) is 5.75 Å². The van der Waals surface area contributed by atoms with Crippen molar-refractivity contribution in [2.45, 2.75) is 25.8 Å². The largest absolute Gasteiger partial charge is 0.507 e. The van der Waals surface area contributed by atoms with Gasteiger partial charge in [-0.2, -0.15) is 0 Å². The summed E-state index contributed by atoms with van der Waals surface area (Å²) in [6.45, 7) is 2.51. The number of carbonyl (C=O) groups excluding carboxylic acids is 2. The number of ketones is 1. The molecule has 0 unspecified atom stereocenters. The monoisotopic (exact) mass is 365 g/mol. The first kappa shape index (κ1) is 18.7. The first-order valence-corrected chi connectivity index (χ1v) is 9.06. The second kappa shape index (κ2) is 8.08. The van der Waals surface area contributed by atoms with Gasteiger partial charge in [0.2, 0.25) is 0 Å². The highest BCUT2D eigenvalue weighted by Crippen LogP contribution is 2.39. The summed E-state index contributed by atoms with van der Waals surface area (Å²) in [5.41, 5.74) is 1.42. The second-order valence-electron chi connectivity index (χ2n) is 6.49. The van der Waals surface area contributed by atoms with Gasteiger partial charge >= 0.3 is 0 Å². The maximum absolute atomic E-state index is 12.8. The van der Waals surface area contributed by atoms with Crippen LogP contribution < -0.4 is 4.74 Å². The van der Waals surface area contributed by atoms with E-state index in [1.165, 1.54) is 0 Å². The number of carbonyl (C=O) groups is 2. The number of Topliss-reactive ketones (excluding diaryl/α,β-unsaturated/α-hetero) is 1. The summed E-state index contributed by atoms with van der Waals surface area (Å²) >= 11 is 0. The molecule has 5 nitrogen and oxygen atoms in total. The molecule has 1 amide bonds. The molecular weight excluding hydrogens is 342 g/mol. The standard InChI is InChI=1S/C22H23NO4/c1-3-4-14-23-19(15-8-6-5-7-9-15)18(21(25)22(23)26)20(24)16-10-12-17(27-2)13-11-16/h5-13,19,24H,3-4,14H2,1-2H3/b20-18+/t19-/m0/s1. The Kier molecular flexibility index (Phi) is 5.60. The van der Waals surface area contributed by atoms with Crippen molar-refractivity contribution in [2.24, 2.45) is 0 Å². The van der Waals surface area contributed by atoms with E-state index in [9.17, 15) is 14.7 Å². The van der Waals surface area contributed by atoms with Gasteiger partial charge in [-0.05, 0) is 36.2 Å². The number of likely N-dealkylation sites (tertiary alicyclic amines) is 1. The molecule has 5 heteroatoms. The minimum atomic E-state index is -0.645. The number of aliphatic hydroxyl groups excluding tert-OH is 1. The van der Waals surface area contributed by atoms with Crippen LogP contribution in [0.4, 0.5) is 0 Å². The van der Waals surface area contributed by atoms with E-state index < -0.39 is 17.7 Å². The van der Waals surface area contributed by atoms with E-state index in [1.54, 1.807) is 36.3 Å². The molecule has 0 saturated carbocycles. The predicted molar refractivity (Wildman–Crippen MR) is 103 cm³/mol. The average Bonchev–Trinajstić information content (AvgIpc) is 2.97. The zero-order valence-electron chi connectivity index (χ0n) is 15.5. The minimum Gasteiger partial charge on any atom is -0.507 e. The Bertz CT molecular complexity index is 856. The van der Waals surface area contributed by atoms with Gasteiger partial charge in [-0.25, -0.2) is 0 Å². The molecule has 1 aliphatic heterocycles. The molecule has 1 atom stereocenters. The Morgan fingerprint density at radius 2 is 1.74 bits per heavy atom. The molecule has 0 radical (unpaired) electrons. The topological polar surface area (TPSA) is 66.8 Å². The highest BCUT2D eigenvalue weighted by Gasteiger charge is 2.45. The SMILES string of the molecule is CCCCN1C(=O)C(=O)/C(=C(/O)c2ccc(OC)cc2)[C@@H]1c1ccccc1. The van der Waals surface area contributed by atoms with Crippen LogP contribution in [0.25, 0.3) is 5.76 Å². The molecule has 1 saturated heterocycles. The average molecular weight is 365 g/mol. The lowest BCUT2D eigenvalue weighted by Crippen LogP contribution is -2.30. The van der Waals surface area contributed by atoms with Crippen molar-refractivity contribution < 1.29 is 19.4 Å². The Balaban J connectivity index is 2.11. The van der Waals surface area contributed by atoms with Crippen molar-refractivity contribution in [2.75, 3.05) is 13.7 Å². The van der Waals surface area contributed by atoms with E-state index in [0.717, 1.165) is 18.4 Å². The first-order chi connectivity index (χ1) is 13.1. The lowest BCUT2D eigenvalue weighted by molar-refractivity contribution is -0.139. The number of hydrogen-bond donors (Lipinski definition) is 1. The van der Waals surface area contributed by atoms with Gasteiger partial charge in [0.15, 0.2) is 0 Å². The molecule has 1 heterocycles. The third-order valence-corrected chi connectivity index (χ3v) is 4.77. The van der Waals surface area contributed by atoms with Crippen molar-refractivity contribution in [1.29, 1.82) is 0 Å². The lowest BCUT2D eigenvalue weighted by Gasteiger charge is -2.25. The second-order valence-corrected chi connectivity index (χ2v) is 6.49. The maximum atomic E-state index is 12.8. The molecule has 3 rings (SSSR count). The Labute approximate surface area is 158 Å². The van der Waals surface area contributed by atoms with Crippen LogP contribution in [-0.2, 0) is 9.59 Å². The molecule has 27 heavy (non-hydrogen) atoms. The van der Waals surface area contributed by atoms with E-state index >= 15 is 0 Å². The number of unbranched alkanes of at least 4 members (excludes halogenated alkanes) is 1. The van der Waals surface area contributed by atoms with Gasteiger partial charge in [0.1, 0.15) is 11.5 Å². The fourth-order valence-corrected chi connectivity index (χ4v) is 3.33. The summed E-state index contributed by atoms with van der Waals surface area (Å²) in [5, 5.41) is 10.9. The molecule has 0 aromatic heterocycles. The Morgan fingerprint density at radius 1 is 1.07 bits per heavy atom. The van der Waals surface area contributed by atoms with E-state index in [2.05, 4.69) is 0 Å². The van der Waals surface area contributed by atoms with E-state index in [1.807, 2.05) is 37.3 Å². The number of methoxy groups -OCH3 is 1. The predicted octanol–water partition coefficient (Wildman–Crippen LogP) is 3.92. The summed E-state index contributed by atoms with van der Waals surface area (Å²) in [5.74, 6) is -0.723. The van der Waals surface area contributed by atoms with Crippen LogP contribution in [0.3, 0.4) is 0 Å². The molecule has 1 aliphatic rings. The molecule has 2 aromatic carbocycles. The molecule has 1 N–H and O–H groups in total. The molecule has 140 valence electrons. The van der Waals surface area contributed by atoms with Crippen LogP contribution >= 0.6 is 0 Å². The number of rotatable bonds is 6. The van der Waals surface area contributed by atoms with Crippen molar-refractivity contribution in [3.63, 3.8) is 0 Å². The van der Waals surface area contributed by atoms with Crippen LogP contribution in [0, 0.1) is 0 Å². The summed E-state index contributed by atoms with van der Waals surface area (Å²) in [4.78, 5) is 27.0. The lowest BCUT2D eigenvalue weighted by atomic mass is 9.95. The highest BCUT2D eigenvalue weighted by molar-refractivity contribution is 6.46. The third kappa shape index (κ3) is 3.58. The van der Waals surface area contributed by atoms with Crippen LogP contribution in [0.2, 0.25) is 0 Å². The minimum absolute atomic E-state index is 0.132. The number of nitrogens with zero attached hydrogens (tertiary/aromatic N) is 1. The summed E-state index contributed by atoms with van der Waals surface area (Å²) in [6.07, 6.45) is 1.70. The van der Waals surface area contributed by atoms with Crippen molar-refractivity contribution in [3.8, 4) is 5.75 Å². The Hall–Kier alpha value is -3.08. The zero-order chi connectivity index (χ0) is 19.4. The molecule has 0 spiro atoms. The van der Waals surface area contributed by atoms with Gasteiger partial charge in [0, 0.05) is 12.1 Å². The molecule has 1 fully saturated rings. The van der Waals surface area contributed by atoms with Gasteiger partial charge in [-0.15, -0.1) is 0 Å². The van der Waals surface area contributed by atoms with Gasteiger partial charge in [0.25, 0.3) is 11.7 Å². The van der Waals surface area contributed by atoms with Crippen molar-refractivity contribution in [1.82, 2.24) is 4.90 Å². The maximum Gasteiger partial charge on any atom is 0.295 e. The summed E-state index contributed by atoms with van der Waals surface area (Å²) < 4.78 is 5.14. The number of amides is 1. The number of ether oxygens (including phenoxy) is 1. The number of benzene rings is 2. The smallest absolute Gasteiger partial charge is 0.295 e. The normalized spacial score (nSPS) is 18.7. The molecular formula is C22H23NO4. The fraction of sp³-hybridized carbons (Fsp3) is 0.273. The number of aliphatic hydroxyl groups is 1. The quantitative estimate of drug-likeness (QED) is 0.479. The first-order valence-electron chi connectivity index (χ1n) is 9.06. The van der Waals surface area contributed by atoms with Gasteiger partial charge in [-0.3, -0.25) is 9.59 Å². The summed E-state index contributed by atoms with van der Waals surface area (Å²) in [7, 11) is 1.56. The Morgan fingerprint density at radius 3 is 2.33 bits per heavy atom. The van der Waals surface area contributed by atoms with Crippen molar-refractivity contribution >= 4 is 17.4 Å². The van der Waals surface area contributed by atoms with Gasteiger partial charge in [0.05, 0.1) is 18.7 Å². The van der Waals surface area contributed by atoms with Crippen molar-refractivity contribution in [3.05, 3.63) is 71.3 Å². The highest BCUT2D eigenvalue weighted by atomic mass is 16.5. The van der Waals surface area contributed by atoms with E-state index in [0.29, 0.717) is 17.9 Å². The summed E-state index contributed by atoms with van der Waals surface area (Å²) in [6, 6.07) is 15.5. The van der Waals surface area contributed by atoms with Crippen LogP contribution in [0.1, 0.15) is 36.9 Å². The molecule has 0 bridgehead atoms. The third-order valence-electron chi connectivity index (χ3n) is 4.77. The molecule has 0 aliphatic carbocycles. The van der Waals surface area contributed by atoms with E-state index in [4.69, 9.17) is 4.74 Å². The van der Waals surface area contributed by atoms with Gasteiger partial charge < -0.3 is 14.7 Å². The van der Waals surface area contributed by atoms with Crippen LogP contribution in [0.15, 0.2) is 60.2 Å². The van der Waals surface area contributed by atoms with Crippen LogP contribution in [-0.4, -0.2) is 35.4 Å².